The number of rotatable bonds is 4. The van der Waals surface area contributed by atoms with E-state index in [1.54, 1.807) is 0 Å². The Morgan fingerprint density at radius 1 is 1.38 bits per heavy atom. The van der Waals surface area contributed by atoms with E-state index in [9.17, 15) is 0 Å². The number of piperidine rings is 1. The minimum atomic E-state index is 0.581. The van der Waals surface area contributed by atoms with Crippen LogP contribution < -0.4 is 5.73 Å². The molecule has 21 heavy (non-hydrogen) atoms. The van der Waals surface area contributed by atoms with Crippen molar-refractivity contribution in [3.8, 4) is 0 Å². The van der Waals surface area contributed by atoms with Gasteiger partial charge in [0.25, 0.3) is 0 Å². The number of hydrogen-bond donors (Lipinski definition) is 1. The molecule has 3 heterocycles. The quantitative estimate of drug-likeness (QED) is 0.939. The minimum absolute atomic E-state index is 0.581. The van der Waals surface area contributed by atoms with Crippen molar-refractivity contribution >= 4 is 5.52 Å². The third-order valence-electron chi connectivity index (χ3n) is 4.65. The highest BCUT2D eigenvalue weighted by Crippen LogP contribution is 2.22. The predicted octanol–water partition coefficient (Wildman–Crippen LogP) is 2.46. The van der Waals surface area contributed by atoms with Crippen LogP contribution in [0.15, 0.2) is 24.5 Å². The Kier molecular flexibility index (Phi) is 4.27. The van der Waals surface area contributed by atoms with Crippen molar-refractivity contribution in [1.29, 1.82) is 0 Å². The molecule has 0 saturated carbocycles. The lowest BCUT2D eigenvalue weighted by molar-refractivity contribution is 0.138. The molecule has 0 spiro atoms. The van der Waals surface area contributed by atoms with E-state index in [1.165, 1.54) is 37.3 Å². The molecule has 0 radical (unpaired) electrons. The summed E-state index contributed by atoms with van der Waals surface area (Å²) in [4.78, 5) is 7.23. The molecule has 0 aliphatic carbocycles. The number of aromatic nitrogens is 2. The summed E-state index contributed by atoms with van der Waals surface area (Å²) in [6.45, 7) is 7.61. The highest BCUT2D eigenvalue weighted by atomic mass is 15.2. The molecule has 1 saturated heterocycles. The summed E-state index contributed by atoms with van der Waals surface area (Å²) in [5, 5.41) is 0. The largest absolute Gasteiger partial charge is 0.326 e. The van der Waals surface area contributed by atoms with Gasteiger partial charge in [0.05, 0.1) is 11.7 Å². The molecule has 1 unspecified atom stereocenters. The Balaban J connectivity index is 1.78. The molecule has 114 valence electrons. The van der Waals surface area contributed by atoms with Crippen molar-refractivity contribution < 1.29 is 0 Å². The van der Waals surface area contributed by atoms with Gasteiger partial charge in [-0.15, -0.1) is 0 Å². The van der Waals surface area contributed by atoms with E-state index in [-0.39, 0.29) is 0 Å². The van der Waals surface area contributed by atoms with E-state index in [2.05, 4.69) is 46.5 Å². The van der Waals surface area contributed by atoms with Gasteiger partial charge in [0.1, 0.15) is 5.82 Å². The maximum atomic E-state index is 5.76. The second-order valence-electron chi connectivity index (χ2n) is 6.51. The lowest BCUT2D eigenvalue weighted by Gasteiger charge is -2.35. The van der Waals surface area contributed by atoms with Crippen LogP contribution in [0.25, 0.3) is 5.52 Å². The monoisotopic (exact) mass is 286 g/mol. The van der Waals surface area contributed by atoms with E-state index < -0.39 is 0 Å². The fourth-order valence-electron chi connectivity index (χ4n) is 3.35. The number of imidazole rings is 1. The van der Waals surface area contributed by atoms with Gasteiger partial charge in [0.2, 0.25) is 0 Å². The number of hydrogen-bond acceptors (Lipinski definition) is 3. The van der Waals surface area contributed by atoms with Crippen LogP contribution in [0.5, 0.6) is 0 Å². The molecule has 0 aromatic carbocycles. The van der Waals surface area contributed by atoms with Gasteiger partial charge in [0.15, 0.2) is 0 Å². The summed E-state index contributed by atoms with van der Waals surface area (Å²) >= 11 is 0. The zero-order valence-corrected chi connectivity index (χ0v) is 13.1. The average molecular weight is 286 g/mol. The molecule has 2 N–H and O–H groups in total. The zero-order valence-electron chi connectivity index (χ0n) is 13.1. The summed E-state index contributed by atoms with van der Waals surface area (Å²) in [5.74, 6) is 1.89. The van der Waals surface area contributed by atoms with Gasteiger partial charge in [-0.3, -0.25) is 0 Å². The maximum Gasteiger partial charge on any atom is 0.113 e. The molecular weight excluding hydrogens is 260 g/mol. The molecular formula is C17H26N4. The lowest BCUT2D eigenvalue weighted by Crippen LogP contribution is -2.40. The molecule has 2 aromatic heterocycles. The fourth-order valence-corrected chi connectivity index (χ4v) is 3.35. The molecule has 1 fully saturated rings. The summed E-state index contributed by atoms with van der Waals surface area (Å²) < 4.78 is 2.22. The van der Waals surface area contributed by atoms with Gasteiger partial charge in [-0.1, -0.05) is 6.07 Å². The molecule has 1 atom stereocenters. The van der Waals surface area contributed by atoms with Crippen molar-refractivity contribution in [1.82, 2.24) is 14.3 Å². The second-order valence-corrected chi connectivity index (χ2v) is 6.51. The summed E-state index contributed by atoms with van der Waals surface area (Å²) in [6, 6.07) is 4.84. The van der Waals surface area contributed by atoms with E-state index in [0.29, 0.717) is 18.5 Å². The number of nitrogens with two attached hydrogens (primary N) is 1. The first kappa shape index (κ1) is 14.5. The molecule has 1 aliphatic rings. The molecule has 0 bridgehead atoms. The molecule has 0 amide bonds. The van der Waals surface area contributed by atoms with Gasteiger partial charge < -0.3 is 15.0 Å². The first-order valence-corrected chi connectivity index (χ1v) is 8.06. The van der Waals surface area contributed by atoms with Crippen LogP contribution in [0.1, 0.15) is 38.1 Å². The normalized spacial score (nSPS) is 20.5. The Morgan fingerprint density at radius 2 is 2.24 bits per heavy atom. The number of pyridine rings is 1. The van der Waals surface area contributed by atoms with Gasteiger partial charge >= 0.3 is 0 Å². The van der Waals surface area contributed by atoms with Crippen molar-refractivity contribution in [3.63, 3.8) is 0 Å². The smallest absolute Gasteiger partial charge is 0.113 e. The van der Waals surface area contributed by atoms with Crippen molar-refractivity contribution in [3.05, 3.63) is 35.9 Å². The van der Waals surface area contributed by atoms with Gasteiger partial charge in [-0.25, -0.2) is 4.98 Å². The Morgan fingerprint density at radius 3 is 3.00 bits per heavy atom. The molecule has 1 aliphatic heterocycles. The Hall–Kier alpha value is -1.39. The van der Waals surface area contributed by atoms with E-state index in [0.717, 1.165) is 12.0 Å². The number of fused-ring (bicyclic) bond motifs is 1. The fraction of sp³-hybridized carbons (Fsp3) is 0.588. The first-order valence-electron chi connectivity index (χ1n) is 8.06. The van der Waals surface area contributed by atoms with E-state index in [4.69, 9.17) is 5.73 Å². The Labute approximate surface area is 127 Å². The summed E-state index contributed by atoms with van der Waals surface area (Å²) in [5.41, 5.74) is 8.08. The second kappa shape index (κ2) is 6.16. The Bertz CT molecular complexity index is 602. The SMILES string of the molecule is CC(C)N1CCCC(Cc2ncc3ccc(CN)cn23)C1. The van der Waals surface area contributed by atoms with Crippen LogP contribution in [0.4, 0.5) is 0 Å². The first-order chi connectivity index (χ1) is 10.2. The topological polar surface area (TPSA) is 46.6 Å². The van der Waals surface area contributed by atoms with Crippen LogP contribution in [-0.4, -0.2) is 33.4 Å². The minimum Gasteiger partial charge on any atom is -0.326 e. The number of nitrogens with zero attached hydrogens (tertiary/aromatic N) is 3. The summed E-state index contributed by atoms with van der Waals surface area (Å²) in [6.07, 6.45) is 7.79. The third kappa shape index (κ3) is 3.11. The van der Waals surface area contributed by atoms with Crippen molar-refractivity contribution in [2.45, 2.75) is 45.7 Å². The third-order valence-corrected chi connectivity index (χ3v) is 4.65. The molecule has 2 aromatic rings. The van der Waals surface area contributed by atoms with E-state index >= 15 is 0 Å². The molecule has 3 rings (SSSR count). The van der Waals surface area contributed by atoms with Crippen molar-refractivity contribution in [2.75, 3.05) is 13.1 Å². The van der Waals surface area contributed by atoms with Crippen LogP contribution in [0.2, 0.25) is 0 Å². The highest BCUT2D eigenvalue weighted by molar-refractivity contribution is 5.47. The average Bonchev–Trinajstić information content (AvgIpc) is 2.89. The highest BCUT2D eigenvalue weighted by Gasteiger charge is 2.23. The van der Waals surface area contributed by atoms with Gasteiger partial charge in [0, 0.05) is 31.7 Å². The lowest BCUT2D eigenvalue weighted by atomic mass is 9.93. The van der Waals surface area contributed by atoms with E-state index in [1.807, 2.05) is 6.20 Å². The molecule has 4 nitrogen and oxygen atoms in total. The van der Waals surface area contributed by atoms with Gasteiger partial charge in [-0.2, -0.15) is 0 Å². The van der Waals surface area contributed by atoms with Crippen LogP contribution in [0.3, 0.4) is 0 Å². The van der Waals surface area contributed by atoms with Crippen LogP contribution in [0, 0.1) is 5.92 Å². The zero-order chi connectivity index (χ0) is 14.8. The van der Waals surface area contributed by atoms with Gasteiger partial charge in [-0.05, 0) is 50.8 Å². The maximum absolute atomic E-state index is 5.76. The summed E-state index contributed by atoms with van der Waals surface area (Å²) in [7, 11) is 0. The standard InChI is InChI=1S/C17H26N4/c1-13(2)20-7-3-4-14(11-20)8-17-19-10-16-6-5-15(9-18)12-21(16)17/h5-6,10,12-14H,3-4,7-9,11,18H2,1-2H3. The van der Waals surface area contributed by atoms with Crippen molar-refractivity contribution in [2.24, 2.45) is 11.7 Å². The van der Waals surface area contributed by atoms with Crippen LogP contribution >= 0.6 is 0 Å². The number of likely N-dealkylation sites (tertiary alicyclic amines) is 1. The molecule has 4 heteroatoms. The predicted molar refractivity (Wildman–Crippen MR) is 86.2 cm³/mol. The van der Waals surface area contributed by atoms with Crippen LogP contribution in [-0.2, 0) is 13.0 Å².